The van der Waals surface area contributed by atoms with Crippen molar-refractivity contribution in [1.82, 2.24) is 9.80 Å². The fraction of sp³-hybridized carbons (Fsp3) is 0.909. The van der Waals surface area contributed by atoms with Crippen molar-refractivity contribution >= 4 is 0 Å². The van der Waals surface area contributed by atoms with Crippen molar-refractivity contribution in [2.24, 2.45) is 5.41 Å². The van der Waals surface area contributed by atoms with Crippen LogP contribution in [0.5, 0.6) is 0 Å². The molecule has 0 aromatic heterocycles. The Hall–Kier alpha value is -0.0800. The fourth-order valence-corrected chi connectivity index (χ4v) is 2.89. The summed E-state index contributed by atoms with van der Waals surface area (Å²) in [6.45, 7) is 5.03. The Labute approximate surface area is 81.9 Å². The first-order valence-corrected chi connectivity index (χ1v) is 5.44. The van der Waals surface area contributed by atoms with Crippen LogP contribution < -0.4 is 0 Å². The first kappa shape index (κ1) is 9.47. The van der Waals surface area contributed by atoms with Gasteiger partial charge in [0.05, 0.1) is 0 Å². The molecule has 1 radical (unpaired) electrons. The molecule has 0 atom stereocenters. The maximum absolute atomic E-state index is 4.01. The van der Waals surface area contributed by atoms with Gasteiger partial charge in [0.2, 0.25) is 0 Å². The highest BCUT2D eigenvalue weighted by Crippen LogP contribution is 2.38. The van der Waals surface area contributed by atoms with Gasteiger partial charge in [-0.25, -0.2) is 0 Å². The van der Waals surface area contributed by atoms with Gasteiger partial charge in [-0.2, -0.15) is 0 Å². The van der Waals surface area contributed by atoms with Crippen LogP contribution in [0, 0.1) is 12.5 Å². The molecule has 2 aliphatic heterocycles. The second-order valence-electron chi connectivity index (χ2n) is 4.96. The van der Waals surface area contributed by atoms with E-state index in [1.165, 1.54) is 51.9 Å². The Morgan fingerprint density at radius 3 is 2.38 bits per heavy atom. The minimum absolute atomic E-state index is 0.654. The summed E-state index contributed by atoms with van der Waals surface area (Å²) < 4.78 is 0. The summed E-state index contributed by atoms with van der Waals surface area (Å²) >= 11 is 0. The highest BCUT2D eigenvalue weighted by Gasteiger charge is 2.36. The third-order valence-electron chi connectivity index (χ3n) is 3.77. The highest BCUT2D eigenvalue weighted by molar-refractivity contribution is 4.90. The molecule has 2 fully saturated rings. The van der Waals surface area contributed by atoms with Gasteiger partial charge in [-0.05, 0) is 57.8 Å². The lowest BCUT2D eigenvalue weighted by molar-refractivity contribution is 0.0474. The van der Waals surface area contributed by atoms with Crippen molar-refractivity contribution in [3.63, 3.8) is 0 Å². The van der Waals surface area contributed by atoms with Crippen molar-refractivity contribution in [2.45, 2.75) is 25.7 Å². The first-order valence-electron chi connectivity index (χ1n) is 5.44. The van der Waals surface area contributed by atoms with Crippen LogP contribution in [0.25, 0.3) is 0 Å². The molecule has 0 aromatic rings. The van der Waals surface area contributed by atoms with Gasteiger partial charge in [0.25, 0.3) is 0 Å². The van der Waals surface area contributed by atoms with Crippen LogP contribution in [0.2, 0.25) is 0 Å². The molecular weight excluding hydrogens is 160 g/mol. The van der Waals surface area contributed by atoms with E-state index >= 15 is 0 Å². The van der Waals surface area contributed by atoms with Crippen LogP contribution in [0.1, 0.15) is 25.7 Å². The van der Waals surface area contributed by atoms with E-state index in [0.29, 0.717) is 5.41 Å². The van der Waals surface area contributed by atoms with Crippen LogP contribution >= 0.6 is 0 Å². The molecule has 0 saturated carbocycles. The van der Waals surface area contributed by atoms with E-state index in [1.54, 1.807) is 0 Å². The van der Waals surface area contributed by atoms with Crippen molar-refractivity contribution < 1.29 is 0 Å². The molecule has 13 heavy (non-hydrogen) atoms. The molecule has 0 amide bonds. The van der Waals surface area contributed by atoms with E-state index in [4.69, 9.17) is 0 Å². The van der Waals surface area contributed by atoms with Gasteiger partial charge in [-0.15, -0.1) is 0 Å². The lowest BCUT2D eigenvalue weighted by Crippen LogP contribution is -2.47. The number of likely N-dealkylation sites (tertiary alicyclic amines) is 2. The monoisotopic (exact) mass is 181 g/mol. The predicted molar refractivity (Wildman–Crippen MR) is 55.3 cm³/mol. The van der Waals surface area contributed by atoms with Crippen LogP contribution in [0.3, 0.4) is 0 Å². The quantitative estimate of drug-likeness (QED) is 0.560. The van der Waals surface area contributed by atoms with Crippen LogP contribution in [0.15, 0.2) is 0 Å². The summed E-state index contributed by atoms with van der Waals surface area (Å²) in [4.78, 5) is 4.72. The Bertz CT molecular complexity index is 171. The summed E-state index contributed by atoms with van der Waals surface area (Å²) in [7, 11) is 6.28. The summed E-state index contributed by atoms with van der Waals surface area (Å²) in [5.41, 5.74) is 0.654. The lowest BCUT2D eigenvalue weighted by atomic mass is 9.73. The van der Waals surface area contributed by atoms with E-state index in [-0.39, 0.29) is 0 Å². The Balaban J connectivity index is 1.95. The number of hydrogen-bond acceptors (Lipinski definition) is 2. The van der Waals surface area contributed by atoms with E-state index in [2.05, 4.69) is 23.9 Å². The average molecular weight is 181 g/mol. The summed E-state index contributed by atoms with van der Waals surface area (Å²) in [5, 5.41) is 0. The zero-order valence-corrected chi connectivity index (χ0v) is 8.76. The SMILES string of the molecule is [CH2]N1CCC2(CCCN(C)C2)CC1. The van der Waals surface area contributed by atoms with Gasteiger partial charge in [-0.1, -0.05) is 0 Å². The van der Waals surface area contributed by atoms with Gasteiger partial charge in [0.15, 0.2) is 0 Å². The van der Waals surface area contributed by atoms with Gasteiger partial charge >= 0.3 is 0 Å². The second-order valence-corrected chi connectivity index (χ2v) is 4.96. The predicted octanol–water partition coefficient (Wildman–Crippen LogP) is 1.59. The lowest BCUT2D eigenvalue weighted by Gasteiger charge is -2.46. The topological polar surface area (TPSA) is 6.48 Å². The molecule has 2 rings (SSSR count). The number of hydrogen-bond donors (Lipinski definition) is 0. The Morgan fingerprint density at radius 2 is 1.77 bits per heavy atom. The zero-order valence-electron chi connectivity index (χ0n) is 8.76. The van der Waals surface area contributed by atoms with Crippen molar-refractivity contribution in [2.75, 3.05) is 33.2 Å². The van der Waals surface area contributed by atoms with Crippen molar-refractivity contribution in [3.05, 3.63) is 7.05 Å². The molecule has 2 saturated heterocycles. The van der Waals surface area contributed by atoms with E-state index < -0.39 is 0 Å². The summed E-state index contributed by atoms with van der Waals surface area (Å²) in [5.74, 6) is 0. The second kappa shape index (κ2) is 3.58. The van der Waals surface area contributed by atoms with E-state index in [1.807, 2.05) is 0 Å². The molecule has 0 unspecified atom stereocenters. The maximum atomic E-state index is 4.01. The van der Waals surface area contributed by atoms with Gasteiger partial charge in [0, 0.05) is 13.6 Å². The average Bonchev–Trinajstić information content (AvgIpc) is 2.11. The molecule has 75 valence electrons. The Kier molecular flexibility index (Phi) is 2.61. The molecular formula is C11H21N2. The third-order valence-corrected chi connectivity index (χ3v) is 3.77. The number of piperidine rings is 2. The molecule has 2 aliphatic rings. The van der Waals surface area contributed by atoms with Crippen molar-refractivity contribution in [1.29, 1.82) is 0 Å². The third kappa shape index (κ3) is 2.05. The molecule has 0 aliphatic carbocycles. The maximum Gasteiger partial charge on any atom is 0.0109 e. The summed E-state index contributed by atoms with van der Waals surface area (Å²) in [6.07, 6.45) is 5.57. The first-order chi connectivity index (χ1) is 6.20. The van der Waals surface area contributed by atoms with Gasteiger partial charge in [-0.3, -0.25) is 0 Å². The minimum atomic E-state index is 0.654. The largest absolute Gasteiger partial charge is 0.306 e. The number of nitrogens with zero attached hydrogens (tertiary/aromatic N) is 2. The smallest absolute Gasteiger partial charge is 0.0109 e. The highest BCUT2D eigenvalue weighted by atomic mass is 15.1. The van der Waals surface area contributed by atoms with Gasteiger partial charge in [0.1, 0.15) is 0 Å². The van der Waals surface area contributed by atoms with Crippen molar-refractivity contribution in [3.8, 4) is 0 Å². The minimum Gasteiger partial charge on any atom is -0.306 e. The van der Waals surface area contributed by atoms with Gasteiger partial charge < -0.3 is 9.80 Å². The van der Waals surface area contributed by atoms with Crippen LogP contribution in [0.4, 0.5) is 0 Å². The Morgan fingerprint density at radius 1 is 1.08 bits per heavy atom. The standard InChI is InChI=1S/C11H21N2/c1-12-8-5-11(6-9-12)4-3-7-13(2)10-11/h1,3-10H2,2H3. The zero-order chi connectivity index (χ0) is 9.31. The molecule has 0 bridgehead atoms. The summed E-state index contributed by atoms with van der Waals surface area (Å²) in [6, 6.07) is 0. The molecule has 2 nitrogen and oxygen atoms in total. The fourth-order valence-electron chi connectivity index (χ4n) is 2.89. The normalized spacial score (nSPS) is 30.9. The van der Waals surface area contributed by atoms with Crippen LogP contribution in [-0.4, -0.2) is 43.0 Å². The molecule has 2 heteroatoms. The van der Waals surface area contributed by atoms with E-state index in [0.717, 1.165) is 0 Å². The molecule has 0 N–H and O–H groups in total. The van der Waals surface area contributed by atoms with E-state index in [9.17, 15) is 0 Å². The molecule has 0 aromatic carbocycles. The number of rotatable bonds is 0. The molecule has 2 heterocycles. The molecule has 1 spiro atoms. The van der Waals surface area contributed by atoms with Crippen LogP contribution in [-0.2, 0) is 0 Å².